The predicted octanol–water partition coefficient (Wildman–Crippen LogP) is 2.13. The van der Waals surface area contributed by atoms with Gasteiger partial charge in [0.05, 0.1) is 5.69 Å². The average molecular weight is 267 g/mol. The molecule has 2 N–H and O–H groups in total. The summed E-state index contributed by atoms with van der Waals surface area (Å²) in [6.45, 7) is 11.7. The lowest BCUT2D eigenvalue weighted by atomic mass is 9.92. The van der Waals surface area contributed by atoms with E-state index in [0.717, 1.165) is 6.42 Å². The first-order valence-corrected chi connectivity index (χ1v) is 6.74. The summed E-state index contributed by atoms with van der Waals surface area (Å²) in [5.41, 5.74) is 6.90. The van der Waals surface area contributed by atoms with Gasteiger partial charge in [0, 0.05) is 13.1 Å². The van der Waals surface area contributed by atoms with Crippen molar-refractivity contribution in [1.82, 2.24) is 10.1 Å². The maximum absolute atomic E-state index is 12.6. The van der Waals surface area contributed by atoms with E-state index in [1.807, 2.05) is 4.90 Å². The van der Waals surface area contributed by atoms with Gasteiger partial charge in [-0.25, -0.2) is 0 Å². The molecule has 1 rings (SSSR count). The molecule has 0 aliphatic rings. The SMILES string of the molecule is CCCN(CC(C)(C)CN)C(=O)c1c(C)noc1C. The summed E-state index contributed by atoms with van der Waals surface area (Å²) in [5, 5.41) is 3.85. The molecule has 1 heterocycles. The first-order valence-electron chi connectivity index (χ1n) is 6.74. The molecule has 1 aromatic rings. The fourth-order valence-electron chi connectivity index (χ4n) is 2.05. The van der Waals surface area contributed by atoms with Crippen LogP contribution in [0, 0.1) is 19.3 Å². The van der Waals surface area contributed by atoms with E-state index in [9.17, 15) is 4.79 Å². The number of nitrogens with two attached hydrogens (primary N) is 1. The van der Waals surface area contributed by atoms with E-state index in [1.54, 1.807) is 13.8 Å². The van der Waals surface area contributed by atoms with Crippen LogP contribution in [-0.2, 0) is 0 Å². The molecule has 0 atom stereocenters. The van der Waals surface area contributed by atoms with Gasteiger partial charge in [-0.3, -0.25) is 4.79 Å². The highest BCUT2D eigenvalue weighted by atomic mass is 16.5. The van der Waals surface area contributed by atoms with Gasteiger partial charge in [-0.05, 0) is 32.2 Å². The van der Waals surface area contributed by atoms with Gasteiger partial charge in [-0.1, -0.05) is 25.9 Å². The van der Waals surface area contributed by atoms with Crippen molar-refractivity contribution in [3.8, 4) is 0 Å². The van der Waals surface area contributed by atoms with Gasteiger partial charge in [0.1, 0.15) is 11.3 Å². The van der Waals surface area contributed by atoms with Crippen LogP contribution in [0.2, 0.25) is 0 Å². The summed E-state index contributed by atoms with van der Waals surface area (Å²) in [7, 11) is 0. The quantitative estimate of drug-likeness (QED) is 0.857. The van der Waals surface area contributed by atoms with Crippen molar-refractivity contribution < 1.29 is 9.32 Å². The monoisotopic (exact) mass is 267 g/mol. The molecule has 19 heavy (non-hydrogen) atoms. The summed E-state index contributed by atoms with van der Waals surface area (Å²) in [4.78, 5) is 14.5. The zero-order valence-electron chi connectivity index (χ0n) is 12.6. The third kappa shape index (κ3) is 3.80. The summed E-state index contributed by atoms with van der Waals surface area (Å²) in [5.74, 6) is 0.564. The van der Waals surface area contributed by atoms with Gasteiger partial charge in [0.2, 0.25) is 0 Å². The lowest BCUT2D eigenvalue weighted by molar-refractivity contribution is 0.0687. The standard InChI is InChI=1S/C14H25N3O2/c1-6-7-17(9-14(4,5)8-15)13(18)12-10(2)16-19-11(12)3/h6-9,15H2,1-5H3. The van der Waals surface area contributed by atoms with Crippen molar-refractivity contribution in [1.29, 1.82) is 0 Å². The molecule has 1 aromatic heterocycles. The Morgan fingerprint density at radius 3 is 2.47 bits per heavy atom. The number of nitrogens with zero attached hydrogens (tertiary/aromatic N) is 2. The highest BCUT2D eigenvalue weighted by Gasteiger charge is 2.27. The Balaban J connectivity index is 2.97. The highest BCUT2D eigenvalue weighted by molar-refractivity contribution is 5.96. The van der Waals surface area contributed by atoms with Crippen LogP contribution in [0.3, 0.4) is 0 Å². The van der Waals surface area contributed by atoms with Crippen molar-refractivity contribution in [2.75, 3.05) is 19.6 Å². The number of aryl methyl sites for hydroxylation is 2. The smallest absolute Gasteiger partial charge is 0.259 e. The number of rotatable bonds is 6. The molecule has 0 unspecified atom stereocenters. The maximum atomic E-state index is 12.6. The van der Waals surface area contributed by atoms with Crippen LogP contribution in [-0.4, -0.2) is 35.6 Å². The fourth-order valence-corrected chi connectivity index (χ4v) is 2.05. The molecule has 5 heteroatoms. The molecule has 108 valence electrons. The van der Waals surface area contributed by atoms with E-state index >= 15 is 0 Å². The maximum Gasteiger partial charge on any atom is 0.259 e. The number of carbonyl (C=O) groups is 1. The minimum Gasteiger partial charge on any atom is -0.361 e. The largest absolute Gasteiger partial charge is 0.361 e. The number of carbonyl (C=O) groups excluding carboxylic acids is 1. The molecule has 0 fully saturated rings. The second kappa shape index (κ2) is 6.19. The van der Waals surface area contributed by atoms with Crippen LogP contribution in [0.1, 0.15) is 49.0 Å². The molecule has 0 radical (unpaired) electrons. The van der Waals surface area contributed by atoms with Crippen molar-refractivity contribution in [3.63, 3.8) is 0 Å². The molecule has 0 aliphatic carbocycles. The summed E-state index contributed by atoms with van der Waals surface area (Å²) >= 11 is 0. The van der Waals surface area contributed by atoms with Crippen molar-refractivity contribution in [3.05, 3.63) is 17.0 Å². The van der Waals surface area contributed by atoms with Crippen LogP contribution in [0.25, 0.3) is 0 Å². The van der Waals surface area contributed by atoms with Crippen LogP contribution in [0.5, 0.6) is 0 Å². The Hall–Kier alpha value is -1.36. The van der Waals surface area contributed by atoms with E-state index in [-0.39, 0.29) is 11.3 Å². The molecule has 0 saturated heterocycles. The van der Waals surface area contributed by atoms with Crippen molar-refractivity contribution in [2.45, 2.75) is 41.0 Å². The number of hydrogen-bond acceptors (Lipinski definition) is 4. The molecule has 1 amide bonds. The molecule has 0 spiro atoms. The Kier molecular flexibility index (Phi) is 5.11. The minimum atomic E-state index is -0.0934. The molecular weight excluding hydrogens is 242 g/mol. The lowest BCUT2D eigenvalue weighted by Gasteiger charge is -2.31. The van der Waals surface area contributed by atoms with Gasteiger partial charge >= 0.3 is 0 Å². The molecule has 0 aliphatic heterocycles. The second-order valence-electron chi connectivity index (χ2n) is 5.79. The second-order valence-corrected chi connectivity index (χ2v) is 5.79. The zero-order valence-corrected chi connectivity index (χ0v) is 12.6. The Morgan fingerprint density at radius 1 is 1.42 bits per heavy atom. The van der Waals surface area contributed by atoms with Gasteiger partial charge in [-0.2, -0.15) is 0 Å². The molecule has 5 nitrogen and oxygen atoms in total. The van der Waals surface area contributed by atoms with Gasteiger partial charge in [0.15, 0.2) is 0 Å². The topological polar surface area (TPSA) is 72.4 Å². The van der Waals surface area contributed by atoms with Crippen molar-refractivity contribution >= 4 is 5.91 Å². The normalized spacial score (nSPS) is 11.7. The number of hydrogen-bond donors (Lipinski definition) is 1. The zero-order chi connectivity index (χ0) is 14.6. The van der Waals surface area contributed by atoms with E-state index in [0.29, 0.717) is 36.7 Å². The fraction of sp³-hybridized carbons (Fsp3) is 0.714. The third-order valence-corrected chi connectivity index (χ3v) is 3.20. The third-order valence-electron chi connectivity index (χ3n) is 3.20. The summed E-state index contributed by atoms with van der Waals surface area (Å²) in [6, 6.07) is 0. The van der Waals surface area contributed by atoms with E-state index < -0.39 is 0 Å². The summed E-state index contributed by atoms with van der Waals surface area (Å²) < 4.78 is 5.08. The van der Waals surface area contributed by atoms with E-state index in [4.69, 9.17) is 10.3 Å². The van der Waals surface area contributed by atoms with E-state index in [1.165, 1.54) is 0 Å². The Morgan fingerprint density at radius 2 is 2.05 bits per heavy atom. The van der Waals surface area contributed by atoms with Crippen LogP contribution in [0.4, 0.5) is 0 Å². The van der Waals surface area contributed by atoms with Gasteiger partial charge in [-0.15, -0.1) is 0 Å². The average Bonchev–Trinajstić information content (AvgIpc) is 2.67. The number of aromatic nitrogens is 1. The van der Waals surface area contributed by atoms with Gasteiger partial charge < -0.3 is 15.2 Å². The Bertz CT molecular complexity index is 418. The van der Waals surface area contributed by atoms with Crippen LogP contribution >= 0.6 is 0 Å². The minimum absolute atomic E-state index is 0.0142. The van der Waals surface area contributed by atoms with E-state index in [2.05, 4.69) is 25.9 Å². The first kappa shape index (κ1) is 15.7. The Labute approximate surface area is 115 Å². The summed E-state index contributed by atoms with van der Waals surface area (Å²) in [6.07, 6.45) is 0.912. The molecule has 0 bridgehead atoms. The first-order chi connectivity index (χ1) is 8.82. The molecule has 0 saturated carbocycles. The predicted molar refractivity (Wildman–Crippen MR) is 75.0 cm³/mol. The molecule has 0 aromatic carbocycles. The highest BCUT2D eigenvalue weighted by Crippen LogP contribution is 2.20. The lowest BCUT2D eigenvalue weighted by Crippen LogP contribution is -2.42. The number of amides is 1. The van der Waals surface area contributed by atoms with Gasteiger partial charge in [0.25, 0.3) is 5.91 Å². The molecular formula is C14H25N3O2. The van der Waals surface area contributed by atoms with Crippen molar-refractivity contribution in [2.24, 2.45) is 11.1 Å². The van der Waals surface area contributed by atoms with Crippen LogP contribution in [0.15, 0.2) is 4.52 Å². The van der Waals surface area contributed by atoms with Crippen LogP contribution < -0.4 is 5.73 Å².